The molecule has 2 rings (SSSR count). The average Bonchev–Trinajstić information content (AvgIpc) is 3.08. The van der Waals surface area contributed by atoms with Gasteiger partial charge in [0.15, 0.2) is 0 Å². The molecule has 124 valence electrons. The lowest BCUT2D eigenvalue weighted by Gasteiger charge is -2.23. The fourth-order valence-electron chi connectivity index (χ4n) is 2.33. The molecular weight excluding hydrogens is 316 g/mol. The lowest BCUT2D eigenvalue weighted by Crippen LogP contribution is -2.43. The first-order valence-electron chi connectivity index (χ1n) is 7.54. The van der Waals surface area contributed by atoms with Crippen molar-refractivity contribution in [3.8, 4) is 0 Å². The minimum Gasteiger partial charge on any atom is -0.395 e. The van der Waals surface area contributed by atoms with Crippen molar-refractivity contribution in [3.63, 3.8) is 0 Å². The molecule has 1 heterocycles. The molecule has 0 radical (unpaired) electrons. The number of aliphatic hydroxyl groups excluding tert-OH is 1. The SMILES string of the molecule is CCN(CCO)C(=O)NCC(c1ccc(Cl)cc1)n1cccn1. The zero-order chi connectivity index (χ0) is 16.7. The van der Waals surface area contributed by atoms with Gasteiger partial charge in [-0.2, -0.15) is 5.10 Å². The lowest BCUT2D eigenvalue weighted by atomic mass is 10.1. The summed E-state index contributed by atoms with van der Waals surface area (Å²) < 4.78 is 1.80. The molecule has 23 heavy (non-hydrogen) atoms. The number of hydrogen-bond acceptors (Lipinski definition) is 3. The van der Waals surface area contributed by atoms with E-state index in [9.17, 15) is 4.79 Å². The molecular formula is C16H21ClN4O2. The highest BCUT2D eigenvalue weighted by atomic mass is 35.5. The van der Waals surface area contributed by atoms with Crippen LogP contribution in [0.3, 0.4) is 0 Å². The van der Waals surface area contributed by atoms with Gasteiger partial charge in [0.25, 0.3) is 0 Å². The molecule has 6 nitrogen and oxygen atoms in total. The maximum Gasteiger partial charge on any atom is 0.317 e. The van der Waals surface area contributed by atoms with Crippen molar-refractivity contribution in [2.75, 3.05) is 26.2 Å². The molecule has 2 amide bonds. The largest absolute Gasteiger partial charge is 0.395 e. The number of aromatic nitrogens is 2. The maximum absolute atomic E-state index is 12.2. The highest BCUT2D eigenvalue weighted by molar-refractivity contribution is 6.30. The first kappa shape index (κ1) is 17.3. The minimum atomic E-state index is -0.201. The van der Waals surface area contributed by atoms with Crippen molar-refractivity contribution in [1.82, 2.24) is 20.0 Å². The fraction of sp³-hybridized carbons (Fsp3) is 0.375. The van der Waals surface area contributed by atoms with E-state index in [4.69, 9.17) is 16.7 Å². The Morgan fingerprint density at radius 1 is 1.43 bits per heavy atom. The zero-order valence-electron chi connectivity index (χ0n) is 13.0. The van der Waals surface area contributed by atoms with Crippen LogP contribution in [0.1, 0.15) is 18.5 Å². The number of halogens is 1. The first-order chi connectivity index (χ1) is 11.2. The smallest absolute Gasteiger partial charge is 0.317 e. The fourth-order valence-corrected chi connectivity index (χ4v) is 2.46. The highest BCUT2D eigenvalue weighted by Gasteiger charge is 2.17. The van der Waals surface area contributed by atoms with Crippen LogP contribution in [0.5, 0.6) is 0 Å². The summed E-state index contributed by atoms with van der Waals surface area (Å²) in [6, 6.07) is 9.00. The molecule has 0 aliphatic rings. The molecule has 0 spiro atoms. The summed E-state index contributed by atoms with van der Waals surface area (Å²) >= 11 is 5.94. The number of hydrogen-bond donors (Lipinski definition) is 2. The van der Waals surface area contributed by atoms with Crippen molar-refractivity contribution < 1.29 is 9.90 Å². The molecule has 0 aliphatic heterocycles. The van der Waals surface area contributed by atoms with Gasteiger partial charge in [-0.05, 0) is 30.7 Å². The van der Waals surface area contributed by atoms with E-state index in [0.29, 0.717) is 24.7 Å². The van der Waals surface area contributed by atoms with E-state index in [1.54, 1.807) is 15.8 Å². The van der Waals surface area contributed by atoms with Gasteiger partial charge in [0.1, 0.15) is 0 Å². The van der Waals surface area contributed by atoms with Crippen LogP contribution in [0, 0.1) is 0 Å². The summed E-state index contributed by atoms with van der Waals surface area (Å²) in [5, 5.41) is 16.8. The molecule has 2 aromatic rings. The standard InChI is InChI=1S/C16H21ClN4O2/c1-2-20(10-11-22)16(23)18-12-15(21-9-3-8-19-21)13-4-6-14(17)7-5-13/h3-9,15,22H,2,10-12H2,1H3,(H,18,23). The predicted molar refractivity (Wildman–Crippen MR) is 89.5 cm³/mol. The van der Waals surface area contributed by atoms with Gasteiger partial charge in [-0.25, -0.2) is 4.79 Å². The minimum absolute atomic E-state index is 0.0545. The van der Waals surface area contributed by atoms with Crippen molar-refractivity contribution in [2.24, 2.45) is 0 Å². The molecule has 0 fully saturated rings. The number of carbonyl (C=O) groups is 1. The van der Waals surface area contributed by atoms with E-state index in [1.165, 1.54) is 0 Å². The summed E-state index contributed by atoms with van der Waals surface area (Å²) in [4.78, 5) is 13.7. The van der Waals surface area contributed by atoms with Crippen molar-refractivity contribution in [2.45, 2.75) is 13.0 Å². The second-order valence-corrected chi connectivity index (χ2v) is 5.48. The van der Waals surface area contributed by atoms with E-state index < -0.39 is 0 Å². The van der Waals surface area contributed by atoms with E-state index in [0.717, 1.165) is 5.56 Å². The molecule has 1 unspecified atom stereocenters. The molecule has 2 N–H and O–H groups in total. The molecule has 1 aromatic carbocycles. The van der Waals surface area contributed by atoms with Gasteiger partial charge < -0.3 is 15.3 Å². The molecule has 0 bridgehead atoms. The third-order valence-electron chi connectivity index (χ3n) is 3.58. The van der Waals surface area contributed by atoms with Crippen molar-refractivity contribution >= 4 is 17.6 Å². The second kappa shape index (κ2) is 8.55. The van der Waals surface area contributed by atoms with E-state index in [-0.39, 0.29) is 18.7 Å². The number of nitrogens with one attached hydrogen (secondary N) is 1. The normalized spacial score (nSPS) is 12.0. The average molecular weight is 337 g/mol. The quantitative estimate of drug-likeness (QED) is 0.814. The second-order valence-electron chi connectivity index (χ2n) is 5.04. The van der Waals surface area contributed by atoms with Gasteiger partial charge in [-0.3, -0.25) is 4.68 Å². The molecule has 7 heteroatoms. The van der Waals surface area contributed by atoms with Crippen LogP contribution in [0.25, 0.3) is 0 Å². The third-order valence-corrected chi connectivity index (χ3v) is 3.84. The topological polar surface area (TPSA) is 70.4 Å². The number of nitrogens with zero attached hydrogens (tertiary/aromatic N) is 3. The van der Waals surface area contributed by atoms with E-state index in [1.807, 2.05) is 43.5 Å². The van der Waals surface area contributed by atoms with Gasteiger partial charge in [-0.1, -0.05) is 23.7 Å². The van der Waals surface area contributed by atoms with Gasteiger partial charge in [-0.15, -0.1) is 0 Å². The monoisotopic (exact) mass is 336 g/mol. The number of benzene rings is 1. The van der Waals surface area contributed by atoms with Gasteiger partial charge in [0.2, 0.25) is 0 Å². The Bertz CT molecular complexity index is 601. The summed E-state index contributed by atoms with van der Waals surface area (Å²) in [6.45, 7) is 3.07. The summed E-state index contributed by atoms with van der Waals surface area (Å²) in [6.07, 6.45) is 3.56. The Morgan fingerprint density at radius 2 is 2.17 bits per heavy atom. The summed E-state index contributed by atoms with van der Waals surface area (Å²) in [5.41, 5.74) is 1.00. The van der Waals surface area contributed by atoms with E-state index >= 15 is 0 Å². The number of likely N-dealkylation sites (N-methyl/N-ethyl adjacent to an activating group) is 1. The van der Waals surface area contributed by atoms with Crippen LogP contribution < -0.4 is 5.32 Å². The Kier molecular flexibility index (Phi) is 6.43. The van der Waals surface area contributed by atoms with Crippen molar-refractivity contribution in [1.29, 1.82) is 0 Å². The third kappa shape index (κ3) is 4.71. The highest BCUT2D eigenvalue weighted by Crippen LogP contribution is 2.19. The molecule has 1 atom stereocenters. The van der Waals surface area contributed by atoms with Crippen LogP contribution in [0.4, 0.5) is 4.79 Å². The number of urea groups is 1. The summed E-state index contributed by atoms with van der Waals surface area (Å²) in [5.74, 6) is 0. The van der Waals surface area contributed by atoms with E-state index in [2.05, 4.69) is 10.4 Å². The lowest BCUT2D eigenvalue weighted by molar-refractivity contribution is 0.179. The Hall–Kier alpha value is -2.05. The first-order valence-corrected chi connectivity index (χ1v) is 7.91. The Morgan fingerprint density at radius 3 is 2.74 bits per heavy atom. The molecule has 0 aliphatic carbocycles. The Balaban J connectivity index is 2.10. The van der Waals surface area contributed by atoms with Gasteiger partial charge >= 0.3 is 6.03 Å². The van der Waals surface area contributed by atoms with Crippen LogP contribution in [0.2, 0.25) is 5.02 Å². The number of rotatable bonds is 7. The number of amides is 2. The van der Waals surface area contributed by atoms with Crippen LogP contribution in [-0.2, 0) is 0 Å². The van der Waals surface area contributed by atoms with Gasteiger partial charge in [0, 0.05) is 37.1 Å². The van der Waals surface area contributed by atoms with Crippen molar-refractivity contribution in [3.05, 3.63) is 53.3 Å². The van der Waals surface area contributed by atoms with Crippen LogP contribution in [0.15, 0.2) is 42.7 Å². The molecule has 1 aromatic heterocycles. The zero-order valence-corrected chi connectivity index (χ0v) is 13.8. The predicted octanol–water partition coefficient (Wildman–Crippen LogP) is 2.15. The van der Waals surface area contributed by atoms with Crippen LogP contribution in [-0.4, -0.2) is 52.1 Å². The number of aliphatic hydroxyl groups is 1. The number of carbonyl (C=O) groups excluding carboxylic acids is 1. The maximum atomic E-state index is 12.2. The van der Waals surface area contributed by atoms with Gasteiger partial charge in [0.05, 0.1) is 12.6 Å². The Labute approximate surface area is 140 Å². The molecule has 0 saturated heterocycles. The van der Waals surface area contributed by atoms with Crippen LogP contribution >= 0.6 is 11.6 Å². The molecule has 0 saturated carbocycles. The summed E-state index contributed by atoms with van der Waals surface area (Å²) in [7, 11) is 0.